The summed E-state index contributed by atoms with van der Waals surface area (Å²) >= 11 is 3.57. The minimum Gasteiger partial charge on any atom is -0.493 e. The molecule has 21 heavy (non-hydrogen) atoms. The van der Waals surface area contributed by atoms with Crippen molar-refractivity contribution >= 4 is 21.8 Å². The average Bonchev–Trinajstić information content (AvgIpc) is 2.95. The van der Waals surface area contributed by atoms with Crippen molar-refractivity contribution in [3.63, 3.8) is 0 Å². The molecule has 0 saturated carbocycles. The lowest BCUT2D eigenvalue weighted by Crippen LogP contribution is -2.56. The second kappa shape index (κ2) is 6.34. The van der Waals surface area contributed by atoms with E-state index in [0.717, 1.165) is 48.4 Å². The van der Waals surface area contributed by atoms with Crippen LogP contribution in [0.25, 0.3) is 0 Å². The second-order valence-corrected chi connectivity index (χ2v) is 6.37. The minimum atomic E-state index is -0.125. The number of carbonyl (C=O) groups excluding carboxylic acids is 1. The maximum atomic E-state index is 12.0. The average molecular weight is 354 g/mol. The molecule has 2 N–H and O–H groups in total. The van der Waals surface area contributed by atoms with Crippen molar-refractivity contribution in [2.45, 2.75) is 19.0 Å². The zero-order valence-corrected chi connectivity index (χ0v) is 13.7. The normalized spacial score (nSPS) is 21.7. The summed E-state index contributed by atoms with van der Waals surface area (Å²) in [5.74, 6) is 1.07. The van der Waals surface area contributed by atoms with Gasteiger partial charge in [-0.1, -0.05) is 15.9 Å². The summed E-state index contributed by atoms with van der Waals surface area (Å²) in [5, 5.41) is 6.04. The molecule has 2 aliphatic heterocycles. The Morgan fingerprint density at radius 2 is 2.43 bits per heavy atom. The SMILES string of the molecule is CNC(=O)C1CNCCN1Cc1cc(Br)cc2c1OCC2. The van der Waals surface area contributed by atoms with Gasteiger partial charge in [0, 0.05) is 49.7 Å². The number of carbonyl (C=O) groups is 1. The van der Waals surface area contributed by atoms with Crippen LogP contribution in [0.15, 0.2) is 16.6 Å². The van der Waals surface area contributed by atoms with E-state index in [4.69, 9.17) is 4.74 Å². The van der Waals surface area contributed by atoms with Crippen LogP contribution >= 0.6 is 15.9 Å². The fourth-order valence-corrected chi connectivity index (χ4v) is 3.60. The zero-order chi connectivity index (χ0) is 14.8. The summed E-state index contributed by atoms with van der Waals surface area (Å²) in [4.78, 5) is 14.3. The fourth-order valence-electron chi connectivity index (χ4n) is 3.04. The maximum Gasteiger partial charge on any atom is 0.238 e. The molecular weight excluding hydrogens is 334 g/mol. The zero-order valence-electron chi connectivity index (χ0n) is 12.1. The third kappa shape index (κ3) is 3.07. The molecule has 0 bridgehead atoms. The molecule has 1 fully saturated rings. The van der Waals surface area contributed by atoms with Crippen LogP contribution in [0.5, 0.6) is 5.75 Å². The molecule has 0 spiro atoms. The number of piperazine rings is 1. The van der Waals surface area contributed by atoms with E-state index in [1.165, 1.54) is 5.56 Å². The Kier molecular flexibility index (Phi) is 4.47. The third-order valence-corrected chi connectivity index (χ3v) is 4.56. The number of fused-ring (bicyclic) bond motifs is 1. The summed E-state index contributed by atoms with van der Waals surface area (Å²) in [7, 11) is 1.69. The maximum absolute atomic E-state index is 12.0. The van der Waals surface area contributed by atoms with Crippen LogP contribution in [-0.2, 0) is 17.8 Å². The number of hydrogen-bond acceptors (Lipinski definition) is 4. The summed E-state index contributed by atoms with van der Waals surface area (Å²) < 4.78 is 6.86. The monoisotopic (exact) mass is 353 g/mol. The van der Waals surface area contributed by atoms with Crippen LogP contribution in [0.3, 0.4) is 0 Å². The van der Waals surface area contributed by atoms with E-state index in [0.29, 0.717) is 6.54 Å². The highest BCUT2D eigenvalue weighted by Crippen LogP contribution is 2.34. The van der Waals surface area contributed by atoms with Gasteiger partial charge in [-0.3, -0.25) is 9.69 Å². The van der Waals surface area contributed by atoms with Gasteiger partial charge in [-0.15, -0.1) is 0 Å². The van der Waals surface area contributed by atoms with Gasteiger partial charge in [0.1, 0.15) is 11.8 Å². The molecule has 1 unspecified atom stereocenters. The summed E-state index contributed by atoms with van der Waals surface area (Å²) in [5.41, 5.74) is 2.42. The van der Waals surface area contributed by atoms with Crippen molar-refractivity contribution in [3.05, 3.63) is 27.7 Å². The first-order valence-corrected chi connectivity index (χ1v) is 8.09. The third-order valence-electron chi connectivity index (χ3n) is 4.10. The molecule has 114 valence electrons. The summed E-state index contributed by atoms with van der Waals surface area (Å²) in [6.07, 6.45) is 0.961. The Balaban J connectivity index is 1.83. The lowest BCUT2D eigenvalue weighted by molar-refractivity contribution is -0.126. The van der Waals surface area contributed by atoms with Crippen LogP contribution in [-0.4, -0.2) is 50.1 Å². The molecular formula is C15H20BrN3O2. The second-order valence-electron chi connectivity index (χ2n) is 5.46. The number of likely N-dealkylation sites (N-methyl/N-ethyl adjacent to an activating group) is 1. The van der Waals surface area contributed by atoms with Gasteiger partial charge in [-0.05, 0) is 17.7 Å². The molecule has 1 atom stereocenters. The molecule has 1 aromatic carbocycles. The number of halogens is 1. The molecule has 1 amide bonds. The molecule has 2 aliphatic rings. The number of amides is 1. The van der Waals surface area contributed by atoms with E-state index in [1.54, 1.807) is 7.05 Å². The van der Waals surface area contributed by atoms with E-state index < -0.39 is 0 Å². The van der Waals surface area contributed by atoms with Crippen LogP contribution in [0, 0.1) is 0 Å². The van der Waals surface area contributed by atoms with Crippen molar-refractivity contribution < 1.29 is 9.53 Å². The van der Waals surface area contributed by atoms with Crippen LogP contribution in [0.1, 0.15) is 11.1 Å². The Morgan fingerprint density at radius 1 is 1.57 bits per heavy atom. The number of rotatable bonds is 3. The predicted octanol–water partition coefficient (Wildman–Crippen LogP) is 0.904. The van der Waals surface area contributed by atoms with E-state index in [1.807, 2.05) is 0 Å². The van der Waals surface area contributed by atoms with Gasteiger partial charge in [-0.25, -0.2) is 0 Å². The van der Waals surface area contributed by atoms with Crippen molar-refractivity contribution in [3.8, 4) is 5.75 Å². The number of hydrogen-bond donors (Lipinski definition) is 2. The summed E-state index contributed by atoms with van der Waals surface area (Å²) in [6.45, 7) is 3.95. The number of benzene rings is 1. The largest absolute Gasteiger partial charge is 0.493 e. The lowest BCUT2D eigenvalue weighted by Gasteiger charge is -2.35. The molecule has 1 aromatic rings. The fraction of sp³-hybridized carbons (Fsp3) is 0.533. The molecule has 1 saturated heterocycles. The molecule has 0 aromatic heterocycles. The smallest absolute Gasteiger partial charge is 0.238 e. The standard InChI is InChI=1S/C15H20BrN3O2/c1-17-15(20)13-8-18-3-4-19(13)9-11-7-12(16)6-10-2-5-21-14(10)11/h6-7,13,18H,2-5,8-9H2,1H3,(H,17,20). The van der Waals surface area contributed by atoms with Crippen molar-refractivity contribution in [2.75, 3.05) is 33.3 Å². The number of nitrogens with zero attached hydrogens (tertiary/aromatic N) is 1. The van der Waals surface area contributed by atoms with Gasteiger partial charge in [0.15, 0.2) is 0 Å². The van der Waals surface area contributed by atoms with Crippen molar-refractivity contribution in [1.82, 2.24) is 15.5 Å². The van der Waals surface area contributed by atoms with Gasteiger partial charge >= 0.3 is 0 Å². The van der Waals surface area contributed by atoms with Gasteiger partial charge in [0.05, 0.1) is 6.61 Å². The van der Waals surface area contributed by atoms with E-state index in [-0.39, 0.29) is 11.9 Å². The first kappa shape index (κ1) is 14.8. The highest BCUT2D eigenvalue weighted by atomic mass is 79.9. The molecule has 6 heteroatoms. The Morgan fingerprint density at radius 3 is 3.24 bits per heavy atom. The summed E-state index contributed by atoms with van der Waals surface area (Å²) in [6, 6.07) is 4.10. The van der Waals surface area contributed by atoms with Crippen LogP contribution in [0.4, 0.5) is 0 Å². The van der Waals surface area contributed by atoms with Gasteiger partial charge < -0.3 is 15.4 Å². The molecule has 0 radical (unpaired) electrons. The van der Waals surface area contributed by atoms with E-state index in [2.05, 4.69) is 43.6 Å². The lowest BCUT2D eigenvalue weighted by atomic mass is 10.1. The quantitative estimate of drug-likeness (QED) is 0.847. The van der Waals surface area contributed by atoms with Crippen LogP contribution in [0.2, 0.25) is 0 Å². The Hall–Kier alpha value is -1.11. The van der Waals surface area contributed by atoms with E-state index >= 15 is 0 Å². The van der Waals surface area contributed by atoms with Gasteiger partial charge in [0.25, 0.3) is 0 Å². The molecule has 0 aliphatic carbocycles. The minimum absolute atomic E-state index is 0.0646. The Labute approximate surface area is 133 Å². The molecule has 5 nitrogen and oxygen atoms in total. The van der Waals surface area contributed by atoms with Gasteiger partial charge in [-0.2, -0.15) is 0 Å². The van der Waals surface area contributed by atoms with Crippen molar-refractivity contribution in [2.24, 2.45) is 0 Å². The topological polar surface area (TPSA) is 53.6 Å². The molecule has 2 heterocycles. The van der Waals surface area contributed by atoms with Crippen LogP contribution < -0.4 is 15.4 Å². The Bertz CT molecular complexity index is 550. The molecule has 3 rings (SSSR count). The number of nitrogens with one attached hydrogen (secondary N) is 2. The first-order valence-electron chi connectivity index (χ1n) is 7.29. The number of ether oxygens (including phenoxy) is 1. The highest BCUT2D eigenvalue weighted by molar-refractivity contribution is 9.10. The predicted molar refractivity (Wildman–Crippen MR) is 84.5 cm³/mol. The first-order chi connectivity index (χ1) is 10.2. The highest BCUT2D eigenvalue weighted by Gasteiger charge is 2.29. The van der Waals surface area contributed by atoms with Gasteiger partial charge in [0.2, 0.25) is 5.91 Å². The van der Waals surface area contributed by atoms with Crippen molar-refractivity contribution in [1.29, 1.82) is 0 Å². The van der Waals surface area contributed by atoms with E-state index in [9.17, 15) is 4.79 Å².